The van der Waals surface area contributed by atoms with E-state index in [2.05, 4.69) is 19.1 Å². The van der Waals surface area contributed by atoms with Crippen molar-refractivity contribution in [3.63, 3.8) is 0 Å². The van der Waals surface area contributed by atoms with Crippen LogP contribution in [0.15, 0.2) is 24.3 Å². The number of hydrogen-bond acceptors (Lipinski definition) is 3. The number of aliphatic hydroxyl groups is 2. The number of carbonyl (C=O) groups is 1. The van der Waals surface area contributed by atoms with Gasteiger partial charge in [0.05, 0.1) is 12.2 Å². The first-order chi connectivity index (χ1) is 10.6. The Balaban J connectivity index is 3.55. The first-order valence-electron chi connectivity index (χ1n) is 8.45. The van der Waals surface area contributed by atoms with Crippen LogP contribution in [-0.2, 0) is 4.79 Å². The van der Waals surface area contributed by atoms with Crippen LogP contribution in [0.1, 0.15) is 71.1 Å². The smallest absolute Gasteiger partial charge is 0.303 e. The lowest BCUT2D eigenvalue weighted by Crippen LogP contribution is -2.25. The molecule has 0 saturated carbocycles. The van der Waals surface area contributed by atoms with Crippen LogP contribution >= 0.6 is 0 Å². The molecule has 0 rings (SSSR count). The second-order valence-corrected chi connectivity index (χ2v) is 5.66. The first kappa shape index (κ1) is 20.9. The van der Waals surface area contributed by atoms with Gasteiger partial charge in [0, 0.05) is 6.42 Å². The van der Waals surface area contributed by atoms with Crippen molar-refractivity contribution in [3.05, 3.63) is 24.3 Å². The highest BCUT2D eigenvalue weighted by Gasteiger charge is 2.13. The minimum Gasteiger partial charge on any atom is -0.481 e. The zero-order chi connectivity index (χ0) is 16.6. The summed E-state index contributed by atoms with van der Waals surface area (Å²) in [6.07, 6.45) is 14.4. The Morgan fingerprint density at radius 3 is 2.23 bits per heavy atom. The standard InChI is InChI=1S/C18H32O4/c1-2-3-4-5-7-10-13-16(19)17(20)14-11-8-6-9-12-15-18(21)22/h3-4,7,10,16-17,19-20H,2,5-6,8-9,11-15H2,1H3,(H,21,22)/b4-3-,10-7-/t16-,17-/m1/s1. The van der Waals surface area contributed by atoms with Crippen molar-refractivity contribution < 1.29 is 20.1 Å². The third-order valence-electron chi connectivity index (χ3n) is 3.55. The number of aliphatic hydroxyl groups excluding tert-OH is 2. The van der Waals surface area contributed by atoms with Crippen LogP contribution in [0.5, 0.6) is 0 Å². The van der Waals surface area contributed by atoms with E-state index in [4.69, 9.17) is 5.11 Å². The summed E-state index contributed by atoms with van der Waals surface area (Å²) < 4.78 is 0. The van der Waals surface area contributed by atoms with Crippen molar-refractivity contribution in [1.29, 1.82) is 0 Å². The minimum atomic E-state index is -0.739. The van der Waals surface area contributed by atoms with E-state index in [1.54, 1.807) is 0 Å². The molecule has 3 N–H and O–H groups in total. The maximum Gasteiger partial charge on any atom is 0.303 e. The van der Waals surface area contributed by atoms with E-state index in [9.17, 15) is 15.0 Å². The van der Waals surface area contributed by atoms with Crippen LogP contribution in [-0.4, -0.2) is 33.5 Å². The van der Waals surface area contributed by atoms with Crippen molar-refractivity contribution >= 4 is 5.97 Å². The summed E-state index contributed by atoms with van der Waals surface area (Å²) in [6.45, 7) is 2.09. The van der Waals surface area contributed by atoms with E-state index in [1.807, 2.05) is 12.2 Å². The zero-order valence-corrected chi connectivity index (χ0v) is 13.8. The van der Waals surface area contributed by atoms with Gasteiger partial charge in [0.25, 0.3) is 0 Å². The Kier molecular flexibility index (Phi) is 14.0. The SMILES string of the molecule is CC/C=C\C/C=C\C[C@@H](O)[C@H](O)CCCCCCCC(=O)O. The summed E-state index contributed by atoms with van der Waals surface area (Å²) >= 11 is 0. The predicted molar refractivity (Wildman–Crippen MR) is 89.8 cm³/mol. The van der Waals surface area contributed by atoms with E-state index >= 15 is 0 Å². The second-order valence-electron chi connectivity index (χ2n) is 5.66. The molecular weight excluding hydrogens is 280 g/mol. The van der Waals surface area contributed by atoms with Crippen molar-refractivity contribution in [2.24, 2.45) is 0 Å². The van der Waals surface area contributed by atoms with Gasteiger partial charge in [0.1, 0.15) is 0 Å². The fraction of sp³-hybridized carbons (Fsp3) is 0.722. The largest absolute Gasteiger partial charge is 0.481 e. The summed E-state index contributed by atoms with van der Waals surface area (Å²) in [5.74, 6) is -0.739. The van der Waals surface area contributed by atoms with Crippen LogP contribution in [0.2, 0.25) is 0 Å². The van der Waals surface area contributed by atoms with Crippen molar-refractivity contribution in [2.75, 3.05) is 0 Å². The Morgan fingerprint density at radius 2 is 1.55 bits per heavy atom. The molecule has 2 atom stereocenters. The minimum absolute atomic E-state index is 0.237. The molecule has 0 unspecified atom stereocenters. The van der Waals surface area contributed by atoms with Gasteiger partial charge in [-0.3, -0.25) is 4.79 Å². The van der Waals surface area contributed by atoms with Gasteiger partial charge in [-0.05, 0) is 32.1 Å². The monoisotopic (exact) mass is 312 g/mol. The molecule has 0 aliphatic heterocycles. The summed E-state index contributed by atoms with van der Waals surface area (Å²) in [4.78, 5) is 10.3. The van der Waals surface area contributed by atoms with E-state index in [1.165, 1.54) is 0 Å². The van der Waals surface area contributed by atoms with Crippen molar-refractivity contribution in [3.8, 4) is 0 Å². The number of carboxylic acids is 1. The van der Waals surface area contributed by atoms with Crippen LogP contribution in [0, 0.1) is 0 Å². The number of allylic oxidation sites excluding steroid dienone is 3. The molecule has 0 fully saturated rings. The molecular formula is C18H32O4. The highest BCUT2D eigenvalue weighted by atomic mass is 16.4. The highest BCUT2D eigenvalue weighted by molar-refractivity contribution is 5.66. The molecule has 0 aliphatic rings. The Labute approximate surface area is 134 Å². The van der Waals surface area contributed by atoms with E-state index in [-0.39, 0.29) is 6.42 Å². The summed E-state index contributed by atoms with van der Waals surface area (Å²) in [5.41, 5.74) is 0. The van der Waals surface area contributed by atoms with Crippen LogP contribution < -0.4 is 0 Å². The lowest BCUT2D eigenvalue weighted by molar-refractivity contribution is -0.137. The van der Waals surface area contributed by atoms with E-state index < -0.39 is 18.2 Å². The average molecular weight is 312 g/mol. The van der Waals surface area contributed by atoms with E-state index in [0.29, 0.717) is 12.8 Å². The molecule has 4 heteroatoms. The molecule has 0 amide bonds. The third kappa shape index (κ3) is 13.8. The molecule has 0 spiro atoms. The highest BCUT2D eigenvalue weighted by Crippen LogP contribution is 2.12. The number of unbranched alkanes of at least 4 members (excludes halogenated alkanes) is 4. The molecule has 0 heterocycles. The molecule has 128 valence electrons. The lowest BCUT2D eigenvalue weighted by Gasteiger charge is -2.16. The average Bonchev–Trinajstić information content (AvgIpc) is 2.49. The molecule has 0 aromatic carbocycles. The van der Waals surface area contributed by atoms with Crippen LogP contribution in [0.3, 0.4) is 0 Å². The Bertz CT molecular complexity index is 323. The summed E-state index contributed by atoms with van der Waals surface area (Å²) in [5, 5.41) is 28.2. The number of carboxylic acid groups (broad SMARTS) is 1. The fourth-order valence-corrected chi connectivity index (χ4v) is 2.18. The van der Waals surface area contributed by atoms with Gasteiger partial charge in [-0.2, -0.15) is 0 Å². The summed E-state index contributed by atoms with van der Waals surface area (Å²) in [6, 6.07) is 0. The lowest BCUT2D eigenvalue weighted by atomic mass is 10.0. The normalized spacial score (nSPS) is 14.7. The number of aliphatic carboxylic acids is 1. The van der Waals surface area contributed by atoms with Crippen molar-refractivity contribution in [1.82, 2.24) is 0 Å². The molecule has 0 aliphatic carbocycles. The Hall–Kier alpha value is -1.13. The zero-order valence-electron chi connectivity index (χ0n) is 13.8. The molecule has 22 heavy (non-hydrogen) atoms. The molecule has 0 radical (unpaired) electrons. The number of rotatable bonds is 14. The van der Waals surface area contributed by atoms with E-state index in [0.717, 1.165) is 44.9 Å². The van der Waals surface area contributed by atoms with Gasteiger partial charge in [-0.15, -0.1) is 0 Å². The maximum absolute atomic E-state index is 10.3. The van der Waals surface area contributed by atoms with Crippen molar-refractivity contribution in [2.45, 2.75) is 83.3 Å². The van der Waals surface area contributed by atoms with Gasteiger partial charge in [-0.25, -0.2) is 0 Å². The maximum atomic E-state index is 10.3. The molecule has 0 saturated heterocycles. The van der Waals surface area contributed by atoms with Gasteiger partial charge in [0.2, 0.25) is 0 Å². The third-order valence-corrected chi connectivity index (χ3v) is 3.55. The fourth-order valence-electron chi connectivity index (χ4n) is 2.18. The molecule has 0 bridgehead atoms. The van der Waals surface area contributed by atoms with Crippen LogP contribution in [0.25, 0.3) is 0 Å². The predicted octanol–water partition coefficient (Wildman–Crippen LogP) is 3.83. The van der Waals surface area contributed by atoms with Gasteiger partial charge in [-0.1, -0.05) is 56.9 Å². The van der Waals surface area contributed by atoms with Crippen LogP contribution in [0.4, 0.5) is 0 Å². The van der Waals surface area contributed by atoms with Gasteiger partial charge in [0.15, 0.2) is 0 Å². The van der Waals surface area contributed by atoms with Gasteiger partial charge >= 0.3 is 5.97 Å². The van der Waals surface area contributed by atoms with Gasteiger partial charge < -0.3 is 15.3 Å². The first-order valence-corrected chi connectivity index (χ1v) is 8.45. The quantitative estimate of drug-likeness (QED) is 0.336. The Morgan fingerprint density at radius 1 is 0.909 bits per heavy atom. The topological polar surface area (TPSA) is 77.8 Å². The number of hydrogen-bond donors (Lipinski definition) is 3. The summed E-state index contributed by atoms with van der Waals surface area (Å²) in [7, 11) is 0. The molecule has 0 aromatic heterocycles. The molecule has 0 aromatic rings. The second kappa shape index (κ2) is 14.8. The molecule has 4 nitrogen and oxygen atoms in total.